The Kier molecular flexibility index (Phi) is 7.48. The minimum absolute atomic E-state index is 0.0592. The molecular formula is C27H37N5OS. The maximum atomic E-state index is 13.9. The van der Waals surface area contributed by atoms with Crippen molar-refractivity contribution in [2.24, 2.45) is 10.4 Å². The second-order valence-electron chi connectivity index (χ2n) is 10.5. The van der Waals surface area contributed by atoms with Gasteiger partial charge in [0.1, 0.15) is 0 Å². The molecule has 2 aromatic rings. The second-order valence-corrected chi connectivity index (χ2v) is 11.7. The fourth-order valence-corrected chi connectivity index (χ4v) is 6.02. The van der Waals surface area contributed by atoms with Gasteiger partial charge < -0.3 is 14.8 Å². The predicted molar refractivity (Wildman–Crippen MR) is 143 cm³/mol. The Hall–Kier alpha value is -2.19. The van der Waals surface area contributed by atoms with Crippen LogP contribution >= 0.6 is 0 Å². The number of hydrogen-bond acceptors (Lipinski definition) is 6. The van der Waals surface area contributed by atoms with Crippen molar-refractivity contribution in [3.05, 3.63) is 53.9 Å². The summed E-state index contributed by atoms with van der Waals surface area (Å²) in [5.74, 6) is 0. The summed E-state index contributed by atoms with van der Waals surface area (Å²) in [5.41, 5.74) is 6.34. The fourth-order valence-electron chi connectivity index (χ4n) is 4.81. The summed E-state index contributed by atoms with van der Waals surface area (Å²) in [4.78, 5) is 12.3. The summed E-state index contributed by atoms with van der Waals surface area (Å²) in [5, 5.41) is 4.31. The second kappa shape index (κ2) is 10.2. The van der Waals surface area contributed by atoms with Gasteiger partial charge in [-0.25, -0.2) is 0 Å². The van der Waals surface area contributed by atoms with Crippen molar-refractivity contribution in [3.63, 3.8) is 0 Å². The smallest absolute Gasteiger partial charge is 0.183 e. The molecular weight excluding hydrogens is 442 g/mol. The van der Waals surface area contributed by atoms with Crippen molar-refractivity contribution in [3.8, 4) is 0 Å². The Bertz CT molecular complexity index is 1130. The summed E-state index contributed by atoms with van der Waals surface area (Å²) in [6.07, 6.45) is 2.63. The molecule has 4 rings (SSSR count). The van der Waals surface area contributed by atoms with Gasteiger partial charge in [-0.1, -0.05) is 27.4 Å². The molecule has 1 aromatic carbocycles. The molecule has 2 aliphatic heterocycles. The van der Waals surface area contributed by atoms with Crippen molar-refractivity contribution in [2.75, 3.05) is 32.7 Å². The lowest BCUT2D eigenvalue weighted by atomic mass is 9.87. The molecule has 1 aromatic heterocycles. The third-order valence-electron chi connectivity index (χ3n) is 6.50. The largest absolute Gasteiger partial charge is 0.593 e. The van der Waals surface area contributed by atoms with Crippen molar-refractivity contribution in [1.82, 2.24) is 19.9 Å². The molecule has 1 saturated heterocycles. The number of nitrogens with one attached hydrogen (secondary N) is 2. The summed E-state index contributed by atoms with van der Waals surface area (Å²) in [7, 11) is 0. The number of aliphatic imine (C=N–C) groups is 1. The number of hydrogen-bond donors (Lipinski definition) is 2. The summed E-state index contributed by atoms with van der Waals surface area (Å²) in [6.45, 7) is 19.7. The topological polar surface area (TPSA) is 75.6 Å². The number of aromatic nitrogens is 1. The van der Waals surface area contributed by atoms with Crippen LogP contribution in [0, 0.1) is 5.41 Å². The van der Waals surface area contributed by atoms with E-state index in [2.05, 4.69) is 71.3 Å². The summed E-state index contributed by atoms with van der Waals surface area (Å²) < 4.78 is 17.4. The summed E-state index contributed by atoms with van der Waals surface area (Å²) in [6, 6.07) is 7.96. The van der Waals surface area contributed by atoms with E-state index < -0.39 is 11.4 Å². The maximum absolute atomic E-state index is 13.9. The number of fused-ring (bicyclic) bond motifs is 1. The van der Waals surface area contributed by atoms with Crippen LogP contribution in [0.2, 0.25) is 0 Å². The highest BCUT2D eigenvalue weighted by Gasteiger charge is 2.31. The molecule has 6 nitrogen and oxygen atoms in total. The van der Waals surface area contributed by atoms with E-state index in [1.54, 1.807) is 6.20 Å². The first-order valence-electron chi connectivity index (χ1n) is 12.1. The zero-order chi connectivity index (χ0) is 24.5. The van der Waals surface area contributed by atoms with Crippen LogP contribution in [0.3, 0.4) is 0 Å². The van der Waals surface area contributed by atoms with Crippen LogP contribution in [-0.2, 0) is 11.4 Å². The van der Waals surface area contributed by atoms with Crippen molar-refractivity contribution in [1.29, 1.82) is 0 Å². The molecule has 0 saturated carbocycles. The lowest BCUT2D eigenvalue weighted by Crippen LogP contribution is -2.49. The number of allylic oxidation sites excluding steroid dienone is 1. The molecule has 0 spiro atoms. The van der Waals surface area contributed by atoms with Gasteiger partial charge in [0.15, 0.2) is 4.90 Å². The van der Waals surface area contributed by atoms with Gasteiger partial charge in [0.2, 0.25) is 0 Å². The highest BCUT2D eigenvalue weighted by molar-refractivity contribution is 7.89. The zero-order valence-electron chi connectivity index (χ0n) is 21.1. The molecule has 0 aliphatic carbocycles. The number of nitrogens with zero attached hydrogens (tertiary/aromatic N) is 3. The summed E-state index contributed by atoms with van der Waals surface area (Å²) >= 11 is -1.44. The number of piperazine rings is 1. The van der Waals surface area contributed by atoms with Crippen molar-refractivity contribution < 1.29 is 4.55 Å². The van der Waals surface area contributed by atoms with Crippen LogP contribution in [0.1, 0.15) is 46.6 Å². The van der Waals surface area contributed by atoms with E-state index in [1.165, 1.54) is 5.57 Å². The first-order valence-corrected chi connectivity index (χ1v) is 13.2. The van der Waals surface area contributed by atoms with Gasteiger partial charge in [-0.15, -0.1) is 4.72 Å². The van der Waals surface area contributed by atoms with Gasteiger partial charge in [-0.3, -0.25) is 9.98 Å². The molecule has 0 amide bonds. The zero-order valence-corrected chi connectivity index (χ0v) is 21.9. The quantitative estimate of drug-likeness (QED) is 0.579. The van der Waals surface area contributed by atoms with Gasteiger partial charge in [-0.2, -0.15) is 0 Å². The van der Waals surface area contributed by atoms with Gasteiger partial charge in [-0.05, 0) is 55.0 Å². The number of rotatable bonds is 7. The minimum atomic E-state index is -1.44. The SMILES string of the molecule is C=C([C@H](CC(C)(C)C)N[S+]([O-])c1cc(C2=C(C)CN=C2C)cc2ncccc12)N1CCNCC1. The average molecular weight is 480 g/mol. The third kappa shape index (κ3) is 5.54. The number of benzene rings is 1. The minimum Gasteiger partial charge on any atom is -0.593 e. The molecule has 3 heterocycles. The monoisotopic (exact) mass is 479 g/mol. The first kappa shape index (κ1) is 24.9. The fraction of sp³-hybridized carbons (Fsp3) is 0.481. The molecule has 182 valence electrons. The van der Waals surface area contributed by atoms with E-state index in [0.717, 1.165) is 77.5 Å². The van der Waals surface area contributed by atoms with Gasteiger partial charge in [0.05, 0.1) is 34.9 Å². The van der Waals surface area contributed by atoms with Crippen LogP contribution in [-0.4, -0.2) is 58.9 Å². The molecule has 1 unspecified atom stereocenters. The molecule has 1 fully saturated rings. The molecule has 0 bridgehead atoms. The molecule has 2 aliphatic rings. The van der Waals surface area contributed by atoms with E-state index in [-0.39, 0.29) is 11.5 Å². The standard InChI is InChI=1S/C27H37N5OS/c1-18-17-30-19(2)26(18)21-14-23-22(8-7-9-29-23)25(15-21)34(33)31-24(16-27(4,5)6)20(3)32-12-10-28-11-13-32/h7-9,14-15,24,28,31H,3,10-13,16-17H2,1-2,4-6H3/t24-,34?/m0/s1. The van der Waals surface area contributed by atoms with Gasteiger partial charge in [0, 0.05) is 55.4 Å². The maximum Gasteiger partial charge on any atom is 0.183 e. The Morgan fingerprint density at radius 2 is 2.00 bits per heavy atom. The van der Waals surface area contributed by atoms with E-state index in [1.807, 2.05) is 19.1 Å². The van der Waals surface area contributed by atoms with Crippen LogP contribution in [0.5, 0.6) is 0 Å². The molecule has 34 heavy (non-hydrogen) atoms. The van der Waals surface area contributed by atoms with Crippen LogP contribution in [0.15, 0.2) is 58.2 Å². The van der Waals surface area contributed by atoms with Gasteiger partial charge in [0.25, 0.3) is 0 Å². The molecule has 2 atom stereocenters. The Balaban J connectivity index is 1.70. The van der Waals surface area contributed by atoms with Crippen LogP contribution < -0.4 is 10.0 Å². The Labute approximate surface area is 206 Å². The molecule has 2 N–H and O–H groups in total. The predicted octanol–water partition coefficient (Wildman–Crippen LogP) is 4.32. The van der Waals surface area contributed by atoms with Crippen LogP contribution in [0.4, 0.5) is 0 Å². The lowest BCUT2D eigenvalue weighted by molar-refractivity contribution is 0.254. The Morgan fingerprint density at radius 3 is 2.65 bits per heavy atom. The average Bonchev–Trinajstić information content (AvgIpc) is 3.14. The highest BCUT2D eigenvalue weighted by Crippen LogP contribution is 2.33. The lowest BCUT2D eigenvalue weighted by Gasteiger charge is -2.37. The van der Waals surface area contributed by atoms with Crippen LogP contribution in [0.25, 0.3) is 16.5 Å². The molecule has 0 radical (unpaired) electrons. The van der Waals surface area contributed by atoms with Gasteiger partial charge >= 0.3 is 0 Å². The van der Waals surface area contributed by atoms with E-state index >= 15 is 0 Å². The molecule has 7 heteroatoms. The highest BCUT2D eigenvalue weighted by atomic mass is 32.2. The van der Waals surface area contributed by atoms with Crippen molar-refractivity contribution in [2.45, 2.75) is 52.0 Å². The van der Waals surface area contributed by atoms with E-state index in [4.69, 9.17) is 0 Å². The van der Waals surface area contributed by atoms with E-state index in [0.29, 0.717) is 0 Å². The van der Waals surface area contributed by atoms with E-state index in [9.17, 15) is 4.55 Å². The van der Waals surface area contributed by atoms with Crippen molar-refractivity contribution >= 4 is 33.5 Å². The number of pyridine rings is 1. The normalized spacial score (nSPS) is 18.9. The first-order chi connectivity index (χ1) is 16.1. The Morgan fingerprint density at radius 1 is 1.26 bits per heavy atom. The third-order valence-corrected chi connectivity index (χ3v) is 7.74.